The van der Waals surface area contributed by atoms with Crippen LogP contribution in [0.4, 0.5) is 0 Å². The number of carboxylic acids is 1. The van der Waals surface area contributed by atoms with E-state index in [9.17, 15) is 4.79 Å². The molecule has 0 spiro atoms. The lowest BCUT2D eigenvalue weighted by Gasteiger charge is -2.17. The maximum atomic E-state index is 10.7. The van der Waals surface area contributed by atoms with Crippen molar-refractivity contribution >= 4 is 5.97 Å². The quantitative estimate of drug-likeness (QED) is 0.621. The fourth-order valence-corrected chi connectivity index (χ4v) is 1.22. The SMILES string of the molecule is CCC(=CCN(CC)CCOC)C(=O)O. The number of hydrogen-bond acceptors (Lipinski definition) is 3. The number of hydrogen-bond donors (Lipinski definition) is 1. The Hall–Kier alpha value is -0.870. The fraction of sp³-hybridized carbons (Fsp3) is 0.727. The Labute approximate surface area is 91.5 Å². The van der Waals surface area contributed by atoms with Crippen molar-refractivity contribution in [2.45, 2.75) is 20.3 Å². The number of methoxy groups -OCH3 is 1. The van der Waals surface area contributed by atoms with Crippen LogP contribution in [0.3, 0.4) is 0 Å². The van der Waals surface area contributed by atoms with Crippen LogP contribution in [0.15, 0.2) is 11.6 Å². The van der Waals surface area contributed by atoms with Gasteiger partial charge in [-0.3, -0.25) is 4.90 Å². The van der Waals surface area contributed by atoms with Crippen molar-refractivity contribution in [3.63, 3.8) is 0 Å². The topological polar surface area (TPSA) is 49.8 Å². The van der Waals surface area contributed by atoms with Crippen molar-refractivity contribution in [2.24, 2.45) is 0 Å². The van der Waals surface area contributed by atoms with E-state index in [1.165, 1.54) is 0 Å². The summed E-state index contributed by atoms with van der Waals surface area (Å²) in [6.45, 7) is 6.99. The Kier molecular flexibility index (Phi) is 7.95. The summed E-state index contributed by atoms with van der Waals surface area (Å²) < 4.78 is 4.98. The Morgan fingerprint density at radius 2 is 2.13 bits per heavy atom. The summed E-state index contributed by atoms with van der Waals surface area (Å²) >= 11 is 0. The van der Waals surface area contributed by atoms with Crippen LogP contribution < -0.4 is 0 Å². The molecule has 0 saturated heterocycles. The van der Waals surface area contributed by atoms with Crippen LogP contribution >= 0.6 is 0 Å². The van der Waals surface area contributed by atoms with Crippen molar-refractivity contribution in [1.29, 1.82) is 0 Å². The molecule has 0 atom stereocenters. The number of carbonyl (C=O) groups is 1. The van der Waals surface area contributed by atoms with Gasteiger partial charge in [0.05, 0.1) is 6.61 Å². The maximum absolute atomic E-state index is 10.7. The van der Waals surface area contributed by atoms with Crippen LogP contribution in [-0.4, -0.2) is 49.3 Å². The zero-order valence-electron chi connectivity index (χ0n) is 9.82. The van der Waals surface area contributed by atoms with Gasteiger partial charge in [0.15, 0.2) is 0 Å². The second-order valence-corrected chi connectivity index (χ2v) is 3.27. The molecule has 0 heterocycles. The molecule has 4 nitrogen and oxygen atoms in total. The molecule has 0 bridgehead atoms. The normalized spacial score (nSPS) is 12.1. The first-order valence-electron chi connectivity index (χ1n) is 5.29. The lowest BCUT2D eigenvalue weighted by molar-refractivity contribution is -0.132. The van der Waals surface area contributed by atoms with E-state index in [0.717, 1.165) is 13.1 Å². The minimum absolute atomic E-state index is 0.478. The minimum Gasteiger partial charge on any atom is -0.478 e. The molecule has 4 heteroatoms. The summed E-state index contributed by atoms with van der Waals surface area (Å²) in [7, 11) is 1.67. The molecular formula is C11H21NO3. The van der Waals surface area contributed by atoms with Crippen LogP contribution in [0, 0.1) is 0 Å². The number of nitrogens with zero attached hydrogens (tertiary/aromatic N) is 1. The van der Waals surface area contributed by atoms with Gasteiger partial charge in [0, 0.05) is 25.8 Å². The summed E-state index contributed by atoms with van der Waals surface area (Å²) in [6.07, 6.45) is 2.35. The lowest BCUT2D eigenvalue weighted by Crippen LogP contribution is -2.27. The summed E-state index contributed by atoms with van der Waals surface area (Å²) in [5.41, 5.74) is 0.478. The summed E-state index contributed by atoms with van der Waals surface area (Å²) in [5, 5.41) is 8.82. The first-order chi connectivity index (χ1) is 7.15. The average Bonchev–Trinajstić information content (AvgIpc) is 2.23. The molecule has 1 N–H and O–H groups in total. The van der Waals surface area contributed by atoms with Gasteiger partial charge in [0.1, 0.15) is 0 Å². The predicted octanol–water partition coefficient (Wildman–Crippen LogP) is 1.38. The molecule has 0 aromatic carbocycles. The molecule has 0 radical (unpaired) electrons. The summed E-state index contributed by atoms with van der Waals surface area (Å²) in [6, 6.07) is 0. The summed E-state index contributed by atoms with van der Waals surface area (Å²) in [4.78, 5) is 12.9. The second kappa shape index (κ2) is 8.44. The first kappa shape index (κ1) is 14.1. The third-order valence-corrected chi connectivity index (χ3v) is 2.31. The van der Waals surface area contributed by atoms with E-state index in [2.05, 4.69) is 11.8 Å². The second-order valence-electron chi connectivity index (χ2n) is 3.27. The van der Waals surface area contributed by atoms with Gasteiger partial charge in [-0.1, -0.05) is 19.9 Å². The van der Waals surface area contributed by atoms with Crippen LogP contribution in [0.25, 0.3) is 0 Å². The Morgan fingerprint density at radius 1 is 1.47 bits per heavy atom. The number of aliphatic carboxylic acids is 1. The molecule has 0 fully saturated rings. The van der Waals surface area contributed by atoms with E-state index in [1.54, 1.807) is 13.2 Å². The zero-order valence-corrected chi connectivity index (χ0v) is 9.82. The molecule has 0 amide bonds. The average molecular weight is 215 g/mol. The highest BCUT2D eigenvalue weighted by Gasteiger charge is 2.05. The van der Waals surface area contributed by atoms with Crippen LogP contribution in [-0.2, 0) is 9.53 Å². The minimum atomic E-state index is -0.819. The largest absolute Gasteiger partial charge is 0.478 e. The highest BCUT2D eigenvalue weighted by atomic mass is 16.5. The molecule has 15 heavy (non-hydrogen) atoms. The maximum Gasteiger partial charge on any atom is 0.331 e. The van der Waals surface area contributed by atoms with Crippen LogP contribution in [0.1, 0.15) is 20.3 Å². The van der Waals surface area contributed by atoms with Gasteiger partial charge in [0.25, 0.3) is 0 Å². The van der Waals surface area contributed by atoms with Gasteiger partial charge in [-0.05, 0) is 13.0 Å². The molecule has 0 aliphatic heterocycles. The predicted molar refractivity (Wildman–Crippen MR) is 60.0 cm³/mol. The molecule has 0 saturated carbocycles. The van der Waals surface area contributed by atoms with E-state index >= 15 is 0 Å². The highest BCUT2D eigenvalue weighted by molar-refractivity contribution is 5.86. The van der Waals surface area contributed by atoms with Gasteiger partial charge in [-0.2, -0.15) is 0 Å². The molecule has 0 unspecified atom stereocenters. The van der Waals surface area contributed by atoms with Crippen molar-refractivity contribution in [3.8, 4) is 0 Å². The van der Waals surface area contributed by atoms with Crippen molar-refractivity contribution in [1.82, 2.24) is 4.90 Å². The highest BCUT2D eigenvalue weighted by Crippen LogP contribution is 2.01. The van der Waals surface area contributed by atoms with Gasteiger partial charge in [0.2, 0.25) is 0 Å². The van der Waals surface area contributed by atoms with E-state index in [0.29, 0.717) is 25.1 Å². The fourth-order valence-electron chi connectivity index (χ4n) is 1.22. The van der Waals surface area contributed by atoms with Gasteiger partial charge in [-0.15, -0.1) is 0 Å². The van der Waals surface area contributed by atoms with Crippen molar-refractivity contribution in [3.05, 3.63) is 11.6 Å². The van der Waals surface area contributed by atoms with E-state index in [4.69, 9.17) is 9.84 Å². The number of carboxylic acid groups (broad SMARTS) is 1. The number of likely N-dealkylation sites (N-methyl/N-ethyl adjacent to an activating group) is 1. The third kappa shape index (κ3) is 6.25. The van der Waals surface area contributed by atoms with E-state index in [1.807, 2.05) is 6.92 Å². The van der Waals surface area contributed by atoms with Crippen molar-refractivity contribution < 1.29 is 14.6 Å². The molecule has 0 rings (SSSR count). The summed E-state index contributed by atoms with van der Waals surface area (Å²) in [5.74, 6) is -0.819. The number of rotatable bonds is 8. The molecule has 88 valence electrons. The molecule has 0 aliphatic carbocycles. The third-order valence-electron chi connectivity index (χ3n) is 2.31. The standard InChI is InChI=1S/C11H21NO3/c1-4-10(11(13)14)6-7-12(5-2)8-9-15-3/h6H,4-5,7-9H2,1-3H3,(H,13,14). The molecule has 0 aromatic rings. The Morgan fingerprint density at radius 3 is 2.53 bits per heavy atom. The van der Waals surface area contributed by atoms with Crippen LogP contribution in [0.5, 0.6) is 0 Å². The monoisotopic (exact) mass is 215 g/mol. The van der Waals surface area contributed by atoms with Crippen molar-refractivity contribution in [2.75, 3.05) is 33.4 Å². The smallest absolute Gasteiger partial charge is 0.331 e. The Balaban J connectivity index is 4.10. The molecule has 0 aromatic heterocycles. The van der Waals surface area contributed by atoms with Gasteiger partial charge >= 0.3 is 5.97 Å². The lowest BCUT2D eigenvalue weighted by atomic mass is 10.2. The van der Waals surface area contributed by atoms with Crippen LogP contribution in [0.2, 0.25) is 0 Å². The van der Waals surface area contributed by atoms with Gasteiger partial charge in [-0.25, -0.2) is 4.79 Å². The number of ether oxygens (including phenoxy) is 1. The van der Waals surface area contributed by atoms with Gasteiger partial charge < -0.3 is 9.84 Å². The molecule has 0 aliphatic rings. The Bertz CT molecular complexity index is 214. The zero-order chi connectivity index (χ0) is 11.7. The molecular weight excluding hydrogens is 194 g/mol. The first-order valence-corrected chi connectivity index (χ1v) is 5.29. The van der Waals surface area contributed by atoms with E-state index < -0.39 is 5.97 Å². The van der Waals surface area contributed by atoms with E-state index in [-0.39, 0.29) is 0 Å².